The lowest BCUT2D eigenvalue weighted by Crippen LogP contribution is -2.23. The Balaban J connectivity index is -0.0000000687. The first-order valence-electron chi connectivity index (χ1n) is 23.2. The summed E-state index contributed by atoms with van der Waals surface area (Å²) < 4.78 is 43.5. The molecule has 2 saturated carbocycles. The molecule has 5 N–H and O–H groups in total. The number of nitrogens with zero attached hydrogens (tertiary/aromatic N) is 1. The molecule has 0 radical (unpaired) electrons. The highest BCUT2D eigenvalue weighted by atomic mass is 32.2. The van der Waals surface area contributed by atoms with Crippen LogP contribution in [0.5, 0.6) is 0 Å². The number of hydrogen-bond acceptors (Lipinski definition) is 17. The molecule has 3 fully saturated rings. The third-order valence-electron chi connectivity index (χ3n) is 5.42. The van der Waals surface area contributed by atoms with E-state index in [9.17, 15) is 46.8 Å². The van der Waals surface area contributed by atoms with Gasteiger partial charge >= 0.3 is 29.8 Å². The summed E-state index contributed by atoms with van der Waals surface area (Å²) in [4.78, 5) is 79.9. The number of esters is 4. The number of aliphatic carboxylic acids is 1. The van der Waals surface area contributed by atoms with E-state index >= 15 is 0 Å². The Bertz CT molecular complexity index is 1270. The summed E-state index contributed by atoms with van der Waals surface area (Å²) in [6.45, 7) is 37.0. The Morgan fingerprint density at radius 1 is 0.696 bits per heavy atom. The van der Waals surface area contributed by atoms with Crippen molar-refractivity contribution in [2.24, 2.45) is 29.2 Å². The van der Waals surface area contributed by atoms with Crippen molar-refractivity contribution in [3.63, 3.8) is 0 Å². The standard InChI is InChI=1S/C6H12O2.C5H10O2.C4H8O2S.C4H8O2.C4H8O.C4H8.C4H10.2C3H7NO.C3H9N.2C3H6O2.C3H6O/c1-5(7)8-6(2,3)4;1-3-5(6)7-4-2;1-7(5,6)4-2-3-4;1-3-6-4(2)5;1-4-2-5-3-4;1-4-2-3-4;1-4(2)3;1-3(5)2-4;1-2-3(4)5;1-4(2)3;1-3(4)5-2;1-2-3(4)5;1-3(2)4/h1-4H3;3-4H2,1-2H3;4H,2-3H2,1H3;3H2,1-2H3;4H,2-3H2,1H3;4H,2-3H2,1H3;4H,1-3H3;2,4H2,1H3;2H2,1H3,(H2,4,5);1-3H3;1-2H3;2H2,1H3,(H,4,5);1-2H3. The number of amides is 1. The number of ether oxygens (including phenoxy) is 5. The van der Waals surface area contributed by atoms with Crippen LogP contribution in [0.2, 0.25) is 0 Å². The molecule has 418 valence electrons. The van der Waals surface area contributed by atoms with Crippen LogP contribution in [0.15, 0.2) is 0 Å². The molecule has 2 aliphatic carbocycles. The second kappa shape index (κ2) is 62.0. The van der Waals surface area contributed by atoms with Gasteiger partial charge in [0, 0.05) is 52.2 Å². The van der Waals surface area contributed by atoms with Gasteiger partial charge in [0.15, 0.2) is 0 Å². The molecule has 69 heavy (non-hydrogen) atoms. The Labute approximate surface area is 420 Å². The number of carbonyl (C=O) groups excluding carboxylic acids is 7. The van der Waals surface area contributed by atoms with E-state index < -0.39 is 15.8 Å². The van der Waals surface area contributed by atoms with Gasteiger partial charge in [0.1, 0.15) is 27.0 Å². The molecule has 3 aliphatic rings. The average Bonchev–Trinajstić information content (AvgIpc) is 4.11. The molecule has 0 unspecified atom stereocenters. The molecular formula is C49H105N3O16S. The number of hydrogen-bond donors (Lipinski definition) is 3. The number of primary amides is 1. The van der Waals surface area contributed by atoms with Crippen molar-refractivity contribution in [2.75, 3.05) is 67.5 Å². The fraction of sp³-hybridized carbons (Fsp3) is 0.837. The maximum atomic E-state index is 10.4. The highest BCUT2D eigenvalue weighted by Gasteiger charge is 2.31. The van der Waals surface area contributed by atoms with E-state index in [1.54, 1.807) is 34.6 Å². The van der Waals surface area contributed by atoms with Crippen molar-refractivity contribution < 1.29 is 75.6 Å². The van der Waals surface area contributed by atoms with Gasteiger partial charge in [-0.25, -0.2) is 8.42 Å². The minimum Gasteiger partial charge on any atom is -0.481 e. The predicted octanol–water partition coefficient (Wildman–Crippen LogP) is 7.65. The van der Waals surface area contributed by atoms with Gasteiger partial charge in [0.05, 0.1) is 45.3 Å². The number of carboxylic acid groups (broad SMARTS) is 1. The highest BCUT2D eigenvalue weighted by Crippen LogP contribution is 2.27. The lowest BCUT2D eigenvalue weighted by atomic mass is 10.2. The van der Waals surface area contributed by atoms with Crippen molar-refractivity contribution >= 4 is 57.2 Å². The normalized spacial score (nSPS) is 12.0. The second-order valence-corrected chi connectivity index (χ2v) is 19.6. The Morgan fingerprint density at radius 2 is 0.971 bits per heavy atom. The molecule has 1 saturated heterocycles. The quantitative estimate of drug-likeness (QED) is 0.163. The van der Waals surface area contributed by atoms with Gasteiger partial charge in [-0.1, -0.05) is 68.2 Å². The second-order valence-electron chi connectivity index (χ2n) is 17.3. The summed E-state index contributed by atoms with van der Waals surface area (Å²) in [5.74, 6) is 1.16. The monoisotopic (exact) mass is 1020 g/mol. The average molecular weight is 1020 g/mol. The number of sulfone groups is 1. The maximum Gasteiger partial charge on any atom is 0.305 e. The zero-order valence-electron chi connectivity index (χ0n) is 47.9. The van der Waals surface area contributed by atoms with E-state index in [2.05, 4.69) is 54.6 Å². The van der Waals surface area contributed by atoms with Gasteiger partial charge in [-0.15, -0.1) is 0 Å². The number of Topliss-reactive ketones (excluding diaryl/α,β-unsaturated/α-hetero) is 2. The molecule has 3 rings (SSSR count). The SMILES string of the molecule is CC(=O)CN.CC(=O)OC(C)(C)C.CC(C)=O.CC(C)C.CC1CC1.CC1COC1.CCC(=O)O.CCC(N)=O.CCOC(=O)CC.CCOC(C)=O.CN(C)C.COC(C)=O.CS(=O)(=O)C1CC1. The minimum atomic E-state index is -2.63. The first kappa shape index (κ1) is 88.0. The summed E-state index contributed by atoms with van der Waals surface area (Å²) in [6, 6.07) is 0. The lowest BCUT2D eigenvalue weighted by Gasteiger charge is -2.20. The van der Waals surface area contributed by atoms with Crippen LogP contribution >= 0.6 is 0 Å². The van der Waals surface area contributed by atoms with Crippen molar-refractivity contribution in [1.82, 2.24) is 4.90 Å². The molecule has 0 spiro atoms. The van der Waals surface area contributed by atoms with Gasteiger partial charge in [-0.2, -0.15) is 0 Å². The third kappa shape index (κ3) is 201. The smallest absolute Gasteiger partial charge is 0.305 e. The van der Waals surface area contributed by atoms with E-state index in [1.807, 2.05) is 46.8 Å². The van der Waals surface area contributed by atoms with Crippen LogP contribution < -0.4 is 11.5 Å². The summed E-state index contributed by atoms with van der Waals surface area (Å²) in [5, 5.41) is 7.74. The van der Waals surface area contributed by atoms with Crippen LogP contribution in [0.3, 0.4) is 0 Å². The molecule has 0 bridgehead atoms. The topological polar surface area (TPSA) is 292 Å². The van der Waals surface area contributed by atoms with Gasteiger partial charge in [-0.3, -0.25) is 33.6 Å². The Kier molecular flexibility index (Phi) is 79.1. The summed E-state index contributed by atoms with van der Waals surface area (Å²) in [7, 11) is 4.72. The number of rotatable bonds is 7. The molecule has 1 amide bonds. The minimum absolute atomic E-state index is 0.0208. The number of nitrogens with two attached hydrogens (primary N) is 2. The molecule has 1 heterocycles. The Morgan fingerprint density at radius 3 is 0.986 bits per heavy atom. The van der Waals surface area contributed by atoms with Gasteiger partial charge in [0.25, 0.3) is 0 Å². The van der Waals surface area contributed by atoms with E-state index in [1.165, 1.54) is 67.7 Å². The van der Waals surface area contributed by atoms with Crippen LogP contribution in [0.25, 0.3) is 0 Å². The van der Waals surface area contributed by atoms with E-state index in [4.69, 9.17) is 20.3 Å². The summed E-state index contributed by atoms with van der Waals surface area (Å²) >= 11 is 0. The first-order valence-corrected chi connectivity index (χ1v) is 25.2. The fourth-order valence-corrected chi connectivity index (χ4v) is 2.91. The fourth-order valence-electron chi connectivity index (χ4n) is 1.91. The summed E-state index contributed by atoms with van der Waals surface area (Å²) in [6.07, 6.45) is 7.19. The van der Waals surface area contributed by atoms with Crippen LogP contribution in [-0.2, 0) is 71.9 Å². The van der Waals surface area contributed by atoms with Crippen LogP contribution in [0, 0.1) is 17.8 Å². The van der Waals surface area contributed by atoms with E-state index in [0.29, 0.717) is 26.1 Å². The predicted molar refractivity (Wildman–Crippen MR) is 278 cm³/mol. The molecule has 0 aromatic heterocycles. The molecule has 0 aromatic carbocycles. The summed E-state index contributed by atoms with van der Waals surface area (Å²) in [5.41, 5.74) is 9.15. The van der Waals surface area contributed by atoms with Gasteiger partial charge < -0.3 is 50.0 Å². The van der Waals surface area contributed by atoms with E-state index in [-0.39, 0.29) is 65.2 Å². The zero-order valence-corrected chi connectivity index (χ0v) is 48.7. The third-order valence-corrected chi connectivity index (χ3v) is 7.10. The number of ketones is 2. The lowest BCUT2D eigenvalue weighted by molar-refractivity contribution is -0.152. The largest absolute Gasteiger partial charge is 0.481 e. The van der Waals surface area contributed by atoms with Gasteiger partial charge in [0.2, 0.25) is 5.91 Å². The molecular weight excluding hydrogens is 919 g/mol. The highest BCUT2D eigenvalue weighted by molar-refractivity contribution is 7.91. The van der Waals surface area contributed by atoms with Crippen molar-refractivity contribution in [1.29, 1.82) is 0 Å². The number of carbonyl (C=O) groups is 8. The van der Waals surface area contributed by atoms with E-state index in [0.717, 1.165) is 43.8 Å². The maximum absolute atomic E-state index is 10.4. The molecule has 19 nitrogen and oxygen atoms in total. The van der Waals surface area contributed by atoms with Crippen molar-refractivity contribution in [2.45, 2.75) is 187 Å². The molecule has 0 aromatic rings. The number of methoxy groups -OCH3 is 1. The van der Waals surface area contributed by atoms with Gasteiger partial charge in [-0.05, 0) is 101 Å². The van der Waals surface area contributed by atoms with Crippen molar-refractivity contribution in [3.8, 4) is 0 Å². The Hall–Kier alpha value is -4.01. The van der Waals surface area contributed by atoms with Crippen LogP contribution in [0.4, 0.5) is 0 Å². The first-order chi connectivity index (χ1) is 31.2. The van der Waals surface area contributed by atoms with Crippen molar-refractivity contribution in [3.05, 3.63) is 0 Å². The number of carboxylic acids is 1. The molecule has 1 aliphatic heterocycles. The molecule has 20 heteroatoms. The zero-order chi connectivity index (χ0) is 57.5. The van der Waals surface area contributed by atoms with Crippen LogP contribution in [0.1, 0.15) is 176 Å². The van der Waals surface area contributed by atoms with Crippen LogP contribution in [-0.4, -0.2) is 144 Å². The molecule has 0 atom stereocenters.